The third kappa shape index (κ3) is 4.26. The molecule has 0 saturated carbocycles. The first kappa shape index (κ1) is 20.0. The normalized spacial score (nSPS) is 14.2. The number of hydrazone groups is 1. The Bertz CT molecular complexity index is 1230. The zero-order chi connectivity index (χ0) is 21.8. The summed E-state index contributed by atoms with van der Waals surface area (Å²) in [6.07, 6.45) is 1.74. The van der Waals surface area contributed by atoms with Crippen LogP contribution < -0.4 is 15.1 Å². The zero-order valence-corrected chi connectivity index (χ0v) is 17.8. The van der Waals surface area contributed by atoms with Crippen molar-refractivity contribution < 1.29 is 9.47 Å². The lowest BCUT2D eigenvalue weighted by Crippen LogP contribution is -2.37. The SMILES string of the molecule is COc1cccc(/C=N/Nc2cc(N3CCOCC3)n3nc(-c4ccccc4)cc3n2)c1. The van der Waals surface area contributed by atoms with Gasteiger partial charge in [-0.2, -0.15) is 14.7 Å². The summed E-state index contributed by atoms with van der Waals surface area (Å²) in [5, 5.41) is 9.22. The van der Waals surface area contributed by atoms with E-state index in [0.717, 1.165) is 47.1 Å². The molecule has 4 aromatic rings. The van der Waals surface area contributed by atoms with Gasteiger partial charge in [-0.15, -0.1) is 0 Å². The van der Waals surface area contributed by atoms with Crippen LogP contribution in [0.5, 0.6) is 5.75 Å². The van der Waals surface area contributed by atoms with Crippen molar-refractivity contribution in [3.8, 4) is 17.0 Å². The van der Waals surface area contributed by atoms with E-state index in [2.05, 4.69) is 15.4 Å². The monoisotopic (exact) mass is 428 g/mol. The van der Waals surface area contributed by atoms with E-state index in [-0.39, 0.29) is 0 Å². The fourth-order valence-corrected chi connectivity index (χ4v) is 3.68. The van der Waals surface area contributed by atoms with E-state index in [9.17, 15) is 0 Å². The number of ether oxygens (including phenoxy) is 2. The van der Waals surface area contributed by atoms with Crippen LogP contribution in [0.2, 0.25) is 0 Å². The third-order valence-corrected chi connectivity index (χ3v) is 5.30. The molecule has 1 saturated heterocycles. The molecule has 8 nitrogen and oxygen atoms in total. The molecular formula is C24H24N6O2. The van der Waals surface area contributed by atoms with E-state index in [0.29, 0.717) is 19.0 Å². The average molecular weight is 428 g/mol. The summed E-state index contributed by atoms with van der Waals surface area (Å²) in [4.78, 5) is 7.00. The Morgan fingerprint density at radius 2 is 1.88 bits per heavy atom. The molecular weight excluding hydrogens is 404 g/mol. The van der Waals surface area contributed by atoms with Gasteiger partial charge in [-0.3, -0.25) is 5.43 Å². The van der Waals surface area contributed by atoms with Gasteiger partial charge in [0, 0.05) is 30.8 Å². The summed E-state index contributed by atoms with van der Waals surface area (Å²) < 4.78 is 12.7. The second-order valence-corrected chi connectivity index (χ2v) is 7.41. The van der Waals surface area contributed by atoms with Gasteiger partial charge >= 0.3 is 0 Å². The van der Waals surface area contributed by atoms with Crippen molar-refractivity contribution in [2.45, 2.75) is 0 Å². The molecule has 0 bridgehead atoms. The number of aromatic nitrogens is 3. The summed E-state index contributed by atoms with van der Waals surface area (Å²) in [6, 6.07) is 21.8. The first-order valence-corrected chi connectivity index (χ1v) is 10.5. The van der Waals surface area contributed by atoms with Crippen LogP contribution in [0.1, 0.15) is 5.56 Å². The summed E-state index contributed by atoms with van der Waals surface area (Å²) in [7, 11) is 1.65. The second-order valence-electron chi connectivity index (χ2n) is 7.41. The molecule has 0 aliphatic carbocycles. The van der Waals surface area contributed by atoms with Crippen molar-refractivity contribution in [3.63, 3.8) is 0 Å². The molecule has 0 spiro atoms. The van der Waals surface area contributed by atoms with Crippen LogP contribution in [0.15, 0.2) is 71.8 Å². The van der Waals surface area contributed by atoms with Crippen molar-refractivity contribution >= 4 is 23.5 Å². The lowest BCUT2D eigenvalue weighted by molar-refractivity contribution is 0.122. The van der Waals surface area contributed by atoms with E-state index in [1.54, 1.807) is 13.3 Å². The summed E-state index contributed by atoms with van der Waals surface area (Å²) >= 11 is 0. The maximum absolute atomic E-state index is 5.53. The first-order chi connectivity index (χ1) is 15.8. The minimum absolute atomic E-state index is 0.651. The molecule has 2 aromatic heterocycles. The van der Waals surface area contributed by atoms with Gasteiger partial charge in [0.25, 0.3) is 0 Å². The number of fused-ring (bicyclic) bond motifs is 1. The van der Waals surface area contributed by atoms with Crippen LogP contribution in [0.3, 0.4) is 0 Å². The molecule has 1 fully saturated rings. The van der Waals surface area contributed by atoms with Gasteiger partial charge in [-0.25, -0.2) is 4.98 Å². The van der Waals surface area contributed by atoms with Gasteiger partial charge in [0.1, 0.15) is 11.6 Å². The fraction of sp³-hybridized carbons (Fsp3) is 0.208. The molecule has 5 rings (SSSR count). The fourth-order valence-electron chi connectivity index (χ4n) is 3.68. The molecule has 162 valence electrons. The quantitative estimate of drug-likeness (QED) is 0.373. The van der Waals surface area contributed by atoms with Crippen LogP contribution >= 0.6 is 0 Å². The van der Waals surface area contributed by atoms with Crippen molar-refractivity contribution in [1.82, 2.24) is 14.6 Å². The standard InChI is InChI=1S/C24H24N6O2/c1-31-20-9-5-6-18(14-20)17-25-27-22-16-24(29-10-12-32-13-11-29)30-23(26-22)15-21(28-30)19-7-3-2-4-8-19/h2-9,14-17H,10-13H2,1H3,(H,26,27)/b25-17+. The molecule has 32 heavy (non-hydrogen) atoms. The Kier molecular flexibility index (Phi) is 5.67. The maximum Gasteiger partial charge on any atom is 0.160 e. The molecule has 1 aliphatic rings. The highest BCUT2D eigenvalue weighted by atomic mass is 16.5. The number of hydrogen-bond donors (Lipinski definition) is 1. The van der Waals surface area contributed by atoms with Gasteiger partial charge in [0.2, 0.25) is 0 Å². The van der Waals surface area contributed by atoms with Gasteiger partial charge < -0.3 is 14.4 Å². The number of hydrogen-bond acceptors (Lipinski definition) is 7. The predicted molar refractivity (Wildman–Crippen MR) is 126 cm³/mol. The summed E-state index contributed by atoms with van der Waals surface area (Å²) in [5.74, 6) is 2.40. The highest BCUT2D eigenvalue weighted by molar-refractivity contribution is 5.81. The molecule has 1 aliphatic heterocycles. The molecule has 0 radical (unpaired) electrons. The minimum Gasteiger partial charge on any atom is -0.497 e. The average Bonchev–Trinajstić information content (AvgIpc) is 3.29. The highest BCUT2D eigenvalue weighted by Gasteiger charge is 2.18. The summed E-state index contributed by atoms with van der Waals surface area (Å²) in [6.45, 7) is 2.97. The first-order valence-electron chi connectivity index (χ1n) is 10.5. The maximum atomic E-state index is 5.53. The Labute approximate surface area is 186 Å². The van der Waals surface area contributed by atoms with Crippen LogP contribution in [0, 0.1) is 0 Å². The van der Waals surface area contributed by atoms with Crippen LogP contribution in [0.25, 0.3) is 16.9 Å². The second kappa shape index (κ2) is 9.07. The lowest BCUT2D eigenvalue weighted by atomic mass is 10.2. The number of nitrogens with one attached hydrogen (secondary N) is 1. The topological polar surface area (TPSA) is 76.3 Å². The number of morpholine rings is 1. The molecule has 0 unspecified atom stereocenters. The van der Waals surface area contributed by atoms with Crippen LogP contribution in [-0.4, -0.2) is 54.2 Å². The highest BCUT2D eigenvalue weighted by Crippen LogP contribution is 2.25. The number of benzene rings is 2. The smallest absolute Gasteiger partial charge is 0.160 e. The predicted octanol–water partition coefficient (Wildman–Crippen LogP) is 3.69. The third-order valence-electron chi connectivity index (χ3n) is 5.30. The van der Waals surface area contributed by atoms with Crippen LogP contribution in [-0.2, 0) is 4.74 Å². The molecule has 0 amide bonds. The van der Waals surface area contributed by atoms with Crippen LogP contribution in [0.4, 0.5) is 11.6 Å². The molecule has 0 atom stereocenters. The Morgan fingerprint density at radius 1 is 1.03 bits per heavy atom. The summed E-state index contributed by atoms with van der Waals surface area (Å²) in [5.41, 5.74) is 6.69. The Balaban J connectivity index is 1.48. The molecule has 2 aromatic carbocycles. The van der Waals surface area contributed by atoms with E-state index >= 15 is 0 Å². The van der Waals surface area contributed by atoms with Crippen molar-refractivity contribution in [3.05, 3.63) is 72.3 Å². The van der Waals surface area contributed by atoms with Crippen molar-refractivity contribution in [1.29, 1.82) is 0 Å². The molecule has 3 heterocycles. The van der Waals surface area contributed by atoms with Crippen molar-refractivity contribution in [2.75, 3.05) is 43.7 Å². The number of nitrogens with zero attached hydrogens (tertiary/aromatic N) is 5. The number of methoxy groups -OCH3 is 1. The van der Waals surface area contributed by atoms with Gasteiger partial charge in [-0.1, -0.05) is 42.5 Å². The zero-order valence-electron chi connectivity index (χ0n) is 17.8. The van der Waals surface area contributed by atoms with Crippen molar-refractivity contribution in [2.24, 2.45) is 5.10 Å². The minimum atomic E-state index is 0.651. The van der Waals surface area contributed by atoms with E-state index < -0.39 is 0 Å². The molecule has 8 heteroatoms. The van der Waals surface area contributed by atoms with E-state index in [1.165, 1.54) is 0 Å². The van der Waals surface area contributed by atoms with Gasteiger partial charge in [-0.05, 0) is 17.7 Å². The van der Waals surface area contributed by atoms with Gasteiger partial charge in [0.05, 0.1) is 32.2 Å². The van der Waals surface area contributed by atoms with E-state index in [4.69, 9.17) is 19.6 Å². The number of anilines is 2. The molecule has 1 N–H and O–H groups in total. The number of rotatable bonds is 6. The largest absolute Gasteiger partial charge is 0.497 e. The van der Waals surface area contributed by atoms with E-state index in [1.807, 2.05) is 71.2 Å². The Hall–Kier alpha value is -3.91. The lowest BCUT2D eigenvalue weighted by Gasteiger charge is -2.29. The Morgan fingerprint density at radius 3 is 2.69 bits per heavy atom. The van der Waals surface area contributed by atoms with Gasteiger partial charge in [0.15, 0.2) is 11.5 Å².